The molecule has 0 atom stereocenters. The number of halogens is 1. The Morgan fingerprint density at radius 1 is 1.27 bits per heavy atom. The second-order valence-corrected chi connectivity index (χ2v) is 2.76. The van der Waals surface area contributed by atoms with Crippen LogP contribution in [0.15, 0.2) is 30.3 Å². The van der Waals surface area contributed by atoms with Gasteiger partial charge < -0.3 is 0 Å². The highest BCUT2D eigenvalue weighted by molar-refractivity contribution is 6.63. The largest absolute Gasteiger partial charge is 0.281 e. The Hall–Kier alpha value is -0.820. The van der Waals surface area contributed by atoms with Gasteiger partial charge in [-0.25, -0.2) is 0 Å². The van der Waals surface area contributed by atoms with Crippen molar-refractivity contribution in [2.24, 2.45) is 0 Å². The predicted octanol–water partition coefficient (Wildman–Crippen LogP) is 2.38. The van der Waals surface area contributed by atoms with Crippen LogP contribution in [0.5, 0.6) is 0 Å². The van der Waals surface area contributed by atoms with Crippen molar-refractivity contribution < 1.29 is 4.79 Å². The molecule has 0 aromatic heterocycles. The van der Waals surface area contributed by atoms with E-state index in [2.05, 4.69) is 0 Å². The molecule has 0 N–H and O–H groups in total. The van der Waals surface area contributed by atoms with Crippen LogP contribution in [0.1, 0.15) is 12.0 Å². The van der Waals surface area contributed by atoms with Crippen LogP contribution in [-0.4, -0.2) is 5.24 Å². The van der Waals surface area contributed by atoms with Crippen molar-refractivity contribution in [1.29, 1.82) is 0 Å². The highest BCUT2D eigenvalue weighted by Gasteiger charge is 1.96. The molecule has 0 aliphatic carbocycles. The number of carbonyl (C=O) groups is 1. The summed E-state index contributed by atoms with van der Waals surface area (Å²) in [6.45, 7) is 0. The van der Waals surface area contributed by atoms with Crippen molar-refractivity contribution in [2.45, 2.75) is 12.8 Å². The van der Waals surface area contributed by atoms with Gasteiger partial charge in [0.05, 0.1) is 0 Å². The Kier molecular flexibility index (Phi) is 3.12. The maximum atomic E-state index is 10.4. The van der Waals surface area contributed by atoms with Gasteiger partial charge in [-0.2, -0.15) is 0 Å². The molecule has 0 heterocycles. The summed E-state index contributed by atoms with van der Waals surface area (Å²) in [6.07, 6.45) is 1.16. The predicted molar refractivity (Wildman–Crippen MR) is 45.6 cm³/mol. The third-order valence-electron chi connectivity index (χ3n) is 1.45. The quantitative estimate of drug-likeness (QED) is 0.637. The summed E-state index contributed by atoms with van der Waals surface area (Å²) in [5.41, 5.74) is 1.15. The Bertz CT molecular complexity index is 231. The number of aryl methyl sites for hydroxylation is 1. The first-order valence-electron chi connectivity index (χ1n) is 3.51. The molecular formula is C9H9ClO. The Morgan fingerprint density at radius 2 is 1.91 bits per heavy atom. The van der Waals surface area contributed by atoms with Gasteiger partial charge in [-0.15, -0.1) is 0 Å². The second kappa shape index (κ2) is 4.14. The lowest BCUT2D eigenvalue weighted by atomic mass is 10.2. The van der Waals surface area contributed by atoms with E-state index in [-0.39, 0.29) is 5.24 Å². The van der Waals surface area contributed by atoms with Crippen LogP contribution >= 0.6 is 11.6 Å². The van der Waals surface area contributed by atoms with Crippen molar-refractivity contribution in [3.05, 3.63) is 35.9 Å². The molecule has 1 nitrogen and oxygen atoms in total. The van der Waals surface area contributed by atoms with Gasteiger partial charge >= 0.3 is 0 Å². The molecule has 0 unspecified atom stereocenters. The highest BCUT2D eigenvalue weighted by atomic mass is 35.5. The maximum Gasteiger partial charge on any atom is 0.221 e. The Balaban J connectivity index is 2.45. The summed E-state index contributed by atoms with van der Waals surface area (Å²) < 4.78 is 0. The topological polar surface area (TPSA) is 17.1 Å². The molecule has 0 saturated carbocycles. The van der Waals surface area contributed by atoms with Gasteiger partial charge in [-0.3, -0.25) is 4.79 Å². The van der Waals surface area contributed by atoms with E-state index in [1.807, 2.05) is 30.3 Å². The molecule has 0 spiro atoms. The van der Waals surface area contributed by atoms with Crippen molar-refractivity contribution >= 4 is 16.8 Å². The highest BCUT2D eigenvalue weighted by Crippen LogP contribution is 2.03. The van der Waals surface area contributed by atoms with Gasteiger partial charge in [0.2, 0.25) is 5.24 Å². The van der Waals surface area contributed by atoms with Crippen LogP contribution in [0.4, 0.5) is 0 Å². The summed E-state index contributed by atoms with van der Waals surface area (Å²) in [5.74, 6) is 0. The molecule has 0 aliphatic rings. The first-order chi connectivity index (χ1) is 5.29. The fraction of sp³-hybridized carbons (Fsp3) is 0.222. The van der Waals surface area contributed by atoms with E-state index in [1.54, 1.807) is 0 Å². The van der Waals surface area contributed by atoms with E-state index in [9.17, 15) is 4.79 Å². The summed E-state index contributed by atoms with van der Waals surface area (Å²) in [4.78, 5) is 10.4. The normalized spacial score (nSPS) is 9.55. The molecular weight excluding hydrogens is 162 g/mol. The average Bonchev–Trinajstić information content (AvgIpc) is 2.03. The first kappa shape index (κ1) is 8.28. The minimum Gasteiger partial charge on any atom is -0.281 e. The molecule has 1 aromatic rings. The fourth-order valence-electron chi connectivity index (χ4n) is 0.887. The van der Waals surface area contributed by atoms with Crippen LogP contribution in [0.2, 0.25) is 0 Å². The number of hydrogen-bond donors (Lipinski definition) is 0. The van der Waals surface area contributed by atoms with Crippen LogP contribution in [0.3, 0.4) is 0 Å². The molecule has 0 aliphatic heterocycles. The van der Waals surface area contributed by atoms with E-state index in [0.29, 0.717) is 6.42 Å². The third-order valence-corrected chi connectivity index (χ3v) is 1.64. The lowest BCUT2D eigenvalue weighted by molar-refractivity contribution is -0.111. The van der Waals surface area contributed by atoms with Gasteiger partial charge in [0.15, 0.2) is 0 Å². The lowest BCUT2D eigenvalue weighted by Crippen LogP contribution is -1.90. The summed E-state index contributed by atoms with van der Waals surface area (Å²) >= 11 is 5.19. The number of carbonyl (C=O) groups excluding carboxylic acids is 1. The molecule has 0 saturated heterocycles. The molecule has 0 radical (unpaired) electrons. The fourth-order valence-corrected chi connectivity index (χ4v) is 0.982. The van der Waals surface area contributed by atoms with Gasteiger partial charge in [-0.1, -0.05) is 30.3 Å². The Morgan fingerprint density at radius 3 is 2.45 bits per heavy atom. The third kappa shape index (κ3) is 3.19. The SMILES string of the molecule is O=[14C](Cl)CCc1ccccc1. The monoisotopic (exact) mass is 170 g/mol. The van der Waals surface area contributed by atoms with Gasteiger partial charge in [-0.05, 0) is 23.6 Å². The summed E-state index contributed by atoms with van der Waals surface area (Å²) in [7, 11) is 0. The molecule has 1 aromatic carbocycles. The summed E-state index contributed by atoms with van der Waals surface area (Å²) in [6, 6.07) is 9.83. The lowest BCUT2D eigenvalue weighted by Gasteiger charge is -1.95. The molecule has 11 heavy (non-hydrogen) atoms. The Labute approximate surface area is 71.0 Å². The molecule has 0 bridgehead atoms. The smallest absolute Gasteiger partial charge is 0.221 e. The number of benzene rings is 1. The van der Waals surface area contributed by atoms with E-state index in [0.717, 1.165) is 12.0 Å². The van der Waals surface area contributed by atoms with Crippen molar-refractivity contribution in [3.8, 4) is 0 Å². The molecule has 58 valence electrons. The zero-order valence-corrected chi connectivity index (χ0v) is 6.84. The van der Waals surface area contributed by atoms with E-state index in [4.69, 9.17) is 11.6 Å². The van der Waals surface area contributed by atoms with E-state index in [1.165, 1.54) is 0 Å². The standard InChI is InChI=1S/C9H9ClO/c10-9(11)7-6-8-4-2-1-3-5-8/h1-5H,6-7H2/i9+2. The van der Waals surface area contributed by atoms with Crippen LogP contribution in [-0.2, 0) is 11.2 Å². The molecule has 2 heteroatoms. The van der Waals surface area contributed by atoms with Crippen LogP contribution < -0.4 is 0 Å². The van der Waals surface area contributed by atoms with Gasteiger partial charge in [0.25, 0.3) is 0 Å². The van der Waals surface area contributed by atoms with Crippen molar-refractivity contribution in [1.82, 2.24) is 0 Å². The first-order valence-corrected chi connectivity index (χ1v) is 3.89. The average molecular weight is 171 g/mol. The van der Waals surface area contributed by atoms with E-state index < -0.39 is 0 Å². The molecule has 1 rings (SSSR count). The second-order valence-electron chi connectivity index (χ2n) is 2.34. The van der Waals surface area contributed by atoms with Crippen molar-refractivity contribution in [3.63, 3.8) is 0 Å². The molecule has 0 amide bonds. The number of rotatable bonds is 3. The van der Waals surface area contributed by atoms with Crippen molar-refractivity contribution in [2.75, 3.05) is 0 Å². The molecule has 0 fully saturated rings. The maximum absolute atomic E-state index is 10.4. The zero-order chi connectivity index (χ0) is 8.10. The summed E-state index contributed by atoms with van der Waals surface area (Å²) in [5, 5.41) is -0.270. The zero-order valence-electron chi connectivity index (χ0n) is 6.09. The van der Waals surface area contributed by atoms with Crippen LogP contribution in [0.25, 0.3) is 0 Å². The minimum atomic E-state index is -0.270. The van der Waals surface area contributed by atoms with Gasteiger partial charge in [0, 0.05) is 6.42 Å². The number of hydrogen-bond acceptors (Lipinski definition) is 1. The van der Waals surface area contributed by atoms with Gasteiger partial charge in [0.1, 0.15) is 0 Å². The minimum absolute atomic E-state index is 0.270. The van der Waals surface area contributed by atoms with E-state index >= 15 is 0 Å². The van der Waals surface area contributed by atoms with Crippen LogP contribution in [0, 0.1) is 0 Å².